The molecule has 4 rings (SSSR count). The normalized spacial score (nSPS) is 18.7. The quantitative estimate of drug-likeness (QED) is 0.397. The number of fused-ring (bicyclic) bond motifs is 1. The third-order valence-corrected chi connectivity index (χ3v) is 10.8. The zero-order chi connectivity index (χ0) is 22.2. The van der Waals surface area contributed by atoms with E-state index in [2.05, 4.69) is 93.9 Å². The highest BCUT2D eigenvalue weighted by atomic mass is 28.3. The van der Waals surface area contributed by atoms with Crippen molar-refractivity contribution in [1.29, 1.82) is 0 Å². The molecule has 164 valence electrons. The number of allylic oxidation sites excluding steroid dienone is 1. The molecule has 0 amide bonds. The average Bonchev–Trinajstić information content (AvgIpc) is 3.39. The predicted octanol–water partition coefficient (Wildman–Crippen LogP) is 6.24. The van der Waals surface area contributed by atoms with E-state index in [0.29, 0.717) is 12.1 Å². The monoisotopic (exact) mass is 431 g/mol. The minimum absolute atomic E-state index is 0.0289. The van der Waals surface area contributed by atoms with Crippen molar-refractivity contribution >= 4 is 19.0 Å². The van der Waals surface area contributed by atoms with Gasteiger partial charge in [-0.05, 0) is 34.6 Å². The van der Waals surface area contributed by atoms with Crippen LogP contribution in [0.1, 0.15) is 55.8 Å². The third kappa shape index (κ3) is 4.00. The molecule has 1 unspecified atom stereocenters. The Hall–Kier alpha value is -2.26. The van der Waals surface area contributed by atoms with Crippen molar-refractivity contribution in [2.45, 2.75) is 57.7 Å². The lowest BCUT2D eigenvalue weighted by Crippen LogP contribution is -2.48. The first-order valence-corrected chi connectivity index (χ1v) is 14.8. The number of para-hydroxylation sites is 1. The smallest absolute Gasteiger partial charge is 0.122 e. The number of ether oxygens (including phenoxy) is 1. The molecule has 1 saturated heterocycles. The number of hydrogen-bond acceptors (Lipinski definition) is 2. The molecular formula is C28H37NOSi. The van der Waals surface area contributed by atoms with Crippen molar-refractivity contribution in [2.24, 2.45) is 0 Å². The lowest BCUT2D eigenvalue weighted by molar-refractivity contribution is 0.354. The molecule has 1 fully saturated rings. The number of likely N-dealkylation sites (tertiary alicyclic amines) is 1. The standard InChI is InChI=1S/C28H37NOSi/c1-7-19-30-27-23(28(2,3)4)15-12-16-25(27)31(5,6)26-20-24(29-17-10-11-18-29)21-13-8-9-14-22(21)26/h7-9,12-16,20,26H,1,10-11,17-19H2,2-6H3. The molecule has 1 aliphatic heterocycles. The van der Waals surface area contributed by atoms with E-state index in [1.807, 2.05) is 6.08 Å². The van der Waals surface area contributed by atoms with Crippen LogP contribution in [0.3, 0.4) is 0 Å². The summed E-state index contributed by atoms with van der Waals surface area (Å²) in [6.07, 6.45) is 7.05. The fraction of sp³-hybridized carbons (Fsp3) is 0.429. The van der Waals surface area contributed by atoms with Gasteiger partial charge in [0.1, 0.15) is 12.4 Å². The van der Waals surface area contributed by atoms with E-state index in [4.69, 9.17) is 4.74 Å². The van der Waals surface area contributed by atoms with Crippen molar-refractivity contribution in [1.82, 2.24) is 4.90 Å². The topological polar surface area (TPSA) is 12.5 Å². The van der Waals surface area contributed by atoms with E-state index < -0.39 is 8.07 Å². The van der Waals surface area contributed by atoms with Gasteiger partial charge in [0, 0.05) is 29.9 Å². The largest absolute Gasteiger partial charge is 0.489 e. The summed E-state index contributed by atoms with van der Waals surface area (Å²) in [5, 5.41) is 1.42. The van der Waals surface area contributed by atoms with Crippen LogP contribution >= 0.6 is 0 Å². The van der Waals surface area contributed by atoms with Gasteiger partial charge in [0.25, 0.3) is 0 Å². The van der Waals surface area contributed by atoms with Crippen LogP contribution in [0.15, 0.2) is 61.2 Å². The van der Waals surface area contributed by atoms with Crippen LogP contribution in [0.2, 0.25) is 13.1 Å². The Bertz CT molecular complexity index is 992. The summed E-state index contributed by atoms with van der Waals surface area (Å²) in [4.78, 5) is 2.60. The first-order valence-electron chi connectivity index (χ1n) is 11.7. The SMILES string of the molecule is C=CCOc1c(C(C)(C)C)cccc1[Si](C)(C)C1C=C(N2CCCC2)c2ccccc21. The molecule has 1 heterocycles. The van der Waals surface area contributed by atoms with Gasteiger partial charge in [-0.15, -0.1) is 0 Å². The number of hydrogen-bond donors (Lipinski definition) is 0. The lowest BCUT2D eigenvalue weighted by atomic mass is 9.86. The zero-order valence-electron chi connectivity index (χ0n) is 19.9. The molecular weight excluding hydrogens is 394 g/mol. The minimum atomic E-state index is -1.96. The minimum Gasteiger partial charge on any atom is -0.489 e. The van der Waals surface area contributed by atoms with E-state index in [1.165, 1.54) is 53.5 Å². The van der Waals surface area contributed by atoms with Crippen molar-refractivity contribution in [3.63, 3.8) is 0 Å². The Morgan fingerprint density at radius 1 is 1.06 bits per heavy atom. The molecule has 1 aliphatic carbocycles. The molecule has 31 heavy (non-hydrogen) atoms. The summed E-state index contributed by atoms with van der Waals surface area (Å²) in [5.41, 5.74) is 6.16. The highest BCUT2D eigenvalue weighted by molar-refractivity contribution is 6.92. The summed E-state index contributed by atoms with van der Waals surface area (Å²) in [7, 11) is -1.96. The Kier molecular flexibility index (Phi) is 5.91. The maximum absolute atomic E-state index is 6.39. The van der Waals surface area contributed by atoms with Crippen molar-refractivity contribution in [3.8, 4) is 5.75 Å². The van der Waals surface area contributed by atoms with Gasteiger partial charge in [-0.25, -0.2) is 0 Å². The van der Waals surface area contributed by atoms with Crippen LogP contribution in [0.25, 0.3) is 5.70 Å². The summed E-state index contributed by atoms with van der Waals surface area (Å²) < 4.78 is 6.39. The van der Waals surface area contributed by atoms with E-state index in [0.717, 1.165) is 5.75 Å². The van der Waals surface area contributed by atoms with Crippen molar-refractivity contribution in [2.75, 3.05) is 19.7 Å². The Balaban J connectivity index is 1.84. The van der Waals surface area contributed by atoms with Crippen LogP contribution in [0.5, 0.6) is 5.75 Å². The van der Waals surface area contributed by atoms with Gasteiger partial charge < -0.3 is 9.64 Å². The summed E-state index contributed by atoms with van der Waals surface area (Å²) >= 11 is 0. The maximum atomic E-state index is 6.39. The van der Waals surface area contributed by atoms with E-state index >= 15 is 0 Å². The fourth-order valence-electron chi connectivity index (χ4n) is 5.27. The molecule has 2 aliphatic rings. The first kappa shape index (κ1) is 21.9. The Labute approximate surface area is 189 Å². The summed E-state index contributed by atoms with van der Waals surface area (Å²) in [5.74, 6) is 1.09. The van der Waals surface area contributed by atoms with Crippen molar-refractivity contribution < 1.29 is 4.74 Å². The average molecular weight is 432 g/mol. The van der Waals surface area contributed by atoms with Crippen LogP contribution in [0, 0.1) is 0 Å². The lowest BCUT2D eigenvalue weighted by Gasteiger charge is -2.34. The predicted molar refractivity (Wildman–Crippen MR) is 136 cm³/mol. The van der Waals surface area contributed by atoms with Gasteiger partial charge in [-0.2, -0.15) is 0 Å². The highest BCUT2D eigenvalue weighted by Gasteiger charge is 2.42. The number of rotatable bonds is 6. The second-order valence-electron chi connectivity index (χ2n) is 10.6. The maximum Gasteiger partial charge on any atom is 0.122 e. The van der Waals surface area contributed by atoms with Crippen LogP contribution in [-0.2, 0) is 5.41 Å². The van der Waals surface area contributed by atoms with Gasteiger partial charge >= 0.3 is 0 Å². The molecule has 0 radical (unpaired) electrons. The number of benzene rings is 2. The molecule has 0 N–H and O–H groups in total. The fourth-order valence-corrected chi connectivity index (χ4v) is 8.53. The molecule has 0 spiro atoms. The van der Waals surface area contributed by atoms with E-state index in [-0.39, 0.29) is 5.41 Å². The van der Waals surface area contributed by atoms with Gasteiger partial charge in [0.2, 0.25) is 0 Å². The molecule has 0 aromatic heterocycles. The van der Waals surface area contributed by atoms with Gasteiger partial charge in [-0.3, -0.25) is 0 Å². The van der Waals surface area contributed by atoms with Crippen LogP contribution in [0.4, 0.5) is 0 Å². The van der Waals surface area contributed by atoms with E-state index in [9.17, 15) is 0 Å². The molecule has 3 heteroatoms. The van der Waals surface area contributed by atoms with Crippen molar-refractivity contribution in [3.05, 3.63) is 77.9 Å². The van der Waals surface area contributed by atoms with Gasteiger partial charge in [0.05, 0.1) is 8.07 Å². The molecule has 2 nitrogen and oxygen atoms in total. The number of nitrogens with zero attached hydrogens (tertiary/aromatic N) is 1. The molecule has 0 saturated carbocycles. The van der Waals surface area contributed by atoms with Gasteiger partial charge in [-0.1, -0.05) is 95.1 Å². The molecule has 2 aromatic carbocycles. The summed E-state index contributed by atoms with van der Waals surface area (Å²) in [6, 6.07) is 15.9. The van der Waals surface area contributed by atoms with E-state index in [1.54, 1.807) is 0 Å². The Morgan fingerprint density at radius 2 is 1.77 bits per heavy atom. The zero-order valence-corrected chi connectivity index (χ0v) is 20.9. The second-order valence-corrected chi connectivity index (χ2v) is 15.2. The second kappa shape index (κ2) is 8.35. The molecule has 2 aromatic rings. The summed E-state index contributed by atoms with van der Waals surface area (Å²) in [6.45, 7) is 18.7. The van der Waals surface area contributed by atoms with Crippen LogP contribution in [-0.4, -0.2) is 32.7 Å². The van der Waals surface area contributed by atoms with Gasteiger partial charge in [0.15, 0.2) is 0 Å². The first-order chi connectivity index (χ1) is 14.7. The molecule has 1 atom stereocenters. The highest BCUT2D eigenvalue weighted by Crippen LogP contribution is 2.44. The molecule has 0 bridgehead atoms. The third-order valence-electron chi connectivity index (χ3n) is 6.98. The Morgan fingerprint density at radius 3 is 2.45 bits per heavy atom. The van der Waals surface area contributed by atoms with Crippen LogP contribution < -0.4 is 9.92 Å².